The first-order valence-corrected chi connectivity index (χ1v) is 7.88. The Morgan fingerprint density at radius 3 is 2.29 bits per heavy atom. The molecule has 21 heavy (non-hydrogen) atoms. The molecule has 0 aromatic heterocycles. The van der Waals surface area contributed by atoms with E-state index >= 15 is 0 Å². The molecule has 1 saturated heterocycles. The largest absolute Gasteiger partial charge is 0.481 e. The number of carboxylic acid groups (broad SMARTS) is 1. The molecule has 6 nitrogen and oxygen atoms in total. The highest BCUT2D eigenvalue weighted by Gasteiger charge is 2.60. The van der Waals surface area contributed by atoms with Crippen LogP contribution < -0.4 is 0 Å². The topological polar surface area (TPSA) is 87.1 Å². The smallest absolute Gasteiger partial charge is 0.410 e. The lowest BCUT2D eigenvalue weighted by Gasteiger charge is -2.53. The molecule has 0 radical (unpaired) electrons. The van der Waals surface area contributed by atoms with Crippen LogP contribution in [0.25, 0.3) is 0 Å². The Bertz CT molecular complexity index is 443. The Kier molecular flexibility index (Phi) is 3.59. The van der Waals surface area contributed by atoms with E-state index in [-0.39, 0.29) is 12.6 Å². The molecule has 1 aliphatic heterocycles. The molecule has 1 amide bonds. The van der Waals surface area contributed by atoms with Gasteiger partial charge in [0.25, 0.3) is 0 Å². The van der Waals surface area contributed by atoms with Crippen molar-refractivity contribution in [3.63, 3.8) is 0 Å². The molecule has 2 saturated carbocycles. The summed E-state index contributed by atoms with van der Waals surface area (Å²) in [7, 11) is 0. The summed E-state index contributed by atoms with van der Waals surface area (Å²) in [6.07, 6.45) is 5.35. The summed E-state index contributed by atoms with van der Waals surface area (Å²) in [5.41, 5.74) is -2.41. The van der Waals surface area contributed by atoms with E-state index in [0.29, 0.717) is 32.2 Å². The molecule has 1 heterocycles. The fourth-order valence-corrected chi connectivity index (χ4v) is 3.70. The van der Waals surface area contributed by atoms with Crippen LogP contribution in [0.1, 0.15) is 51.4 Å². The first-order valence-electron chi connectivity index (χ1n) is 7.88. The number of piperidine rings is 1. The lowest BCUT2D eigenvalue weighted by Crippen LogP contribution is -2.64. The number of aliphatic carboxylic acids is 1. The summed E-state index contributed by atoms with van der Waals surface area (Å²) in [6, 6.07) is 0. The Morgan fingerprint density at radius 2 is 1.81 bits per heavy atom. The molecule has 0 aromatic carbocycles. The van der Waals surface area contributed by atoms with Gasteiger partial charge in [0.1, 0.15) is 6.10 Å². The van der Waals surface area contributed by atoms with Gasteiger partial charge in [-0.3, -0.25) is 4.79 Å². The lowest BCUT2D eigenvalue weighted by atomic mass is 9.56. The molecule has 0 bridgehead atoms. The molecule has 3 aliphatic rings. The minimum Gasteiger partial charge on any atom is -0.481 e. The number of hydrogen-bond donors (Lipinski definition) is 2. The SMILES string of the molecule is O=C(OC1CCC1)N1CCCC(O)(C2(C(=O)O)CCC2)C1. The van der Waals surface area contributed by atoms with Crippen molar-refractivity contribution in [3.8, 4) is 0 Å². The quantitative estimate of drug-likeness (QED) is 0.829. The Labute approximate surface area is 124 Å². The van der Waals surface area contributed by atoms with Crippen molar-refractivity contribution < 1.29 is 24.5 Å². The maximum Gasteiger partial charge on any atom is 0.410 e. The number of β-amino-alcohol motifs (C(OH)–C–C–N with tert-alkyl or cyclic N) is 1. The number of hydrogen-bond acceptors (Lipinski definition) is 4. The third kappa shape index (κ3) is 2.29. The molecule has 3 fully saturated rings. The number of nitrogens with zero attached hydrogens (tertiary/aromatic N) is 1. The summed E-state index contributed by atoms with van der Waals surface area (Å²) in [5.74, 6) is -0.939. The van der Waals surface area contributed by atoms with E-state index in [1.54, 1.807) is 0 Å². The second kappa shape index (κ2) is 5.16. The van der Waals surface area contributed by atoms with Crippen molar-refractivity contribution in [2.45, 2.75) is 63.1 Å². The maximum absolute atomic E-state index is 12.1. The normalized spacial score (nSPS) is 32.0. The van der Waals surface area contributed by atoms with Crippen LogP contribution in [0, 0.1) is 5.41 Å². The van der Waals surface area contributed by atoms with Gasteiger partial charge in [0, 0.05) is 6.54 Å². The van der Waals surface area contributed by atoms with Crippen LogP contribution in [-0.2, 0) is 9.53 Å². The molecular weight excluding hydrogens is 274 g/mol. The maximum atomic E-state index is 12.1. The molecule has 0 aromatic rings. The van der Waals surface area contributed by atoms with Gasteiger partial charge in [-0.05, 0) is 44.9 Å². The summed E-state index contributed by atoms with van der Waals surface area (Å²) in [4.78, 5) is 25.3. The van der Waals surface area contributed by atoms with E-state index in [1.807, 2.05) is 0 Å². The Hall–Kier alpha value is -1.30. The third-order valence-electron chi connectivity index (χ3n) is 5.56. The van der Waals surface area contributed by atoms with Crippen LogP contribution in [0.4, 0.5) is 4.79 Å². The van der Waals surface area contributed by atoms with Crippen molar-refractivity contribution in [3.05, 3.63) is 0 Å². The van der Waals surface area contributed by atoms with Crippen molar-refractivity contribution in [2.75, 3.05) is 13.1 Å². The van der Waals surface area contributed by atoms with Crippen molar-refractivity contribution >= 4 is 12.1 Å². The minimum atomic E-state index is -1.33. The predicted molar refractivity (Wildman–Crippen MR) is 73.8 cm³/mol. The fraction of sp³-hybridized carbons (Fsp3) is 0.867. The number of amides is 1. The van der Waals surface area contributed by atoms with Crippen LogP contribution in [-0.4, -0.2) is 52.0 Å². The van der Waals surface area contributed by atoms with Gasteiger partial charge >= 0.3 is 12.1 Å². The molecular formula is C15H23NO5. The lowest BCUT2D eigenvalue weighted by molar-refractivity contribution is -0.194. The van der Waals surface area contributed by atoms with Gasteiger partial charge in [0.2, 0.25) is 0 Å². The zero-order valence-electron chi connectivity index (χ0n) is 12.2. The molecule has 1 unspecified atom stereocenters. The number of carbonyl (C=O) groups is 2. The summed E-state index contributed by atoms with van der Waals surface area (Å²) >= 11 is 0. The first kappa shape index (κ1) is 14.6. The van der Waals surface area contributed by atoms with Crippen molar-refractivity contribution in [2.24, 2.45) is 5.41 Å². The van der Waals surface area contributed by atoms with Crippen molar-refractivity contribution in [1.29, 1.82) is 0 Å². The average molecular weight is 297 g/mol. The molecule has 6 heteroatoms. The predicted octanol–water partition coefficient (Wildman–Crippen LogP) is 1.76. The van der Waals surface area contributed by atoms with E-state index in [2.05, 4.69) is 0 Å². The Morgan fingerprint density at radius 1 is 1.10 bits per heavy atom. The number of likely N-dealkylation sites (tertiary alicyclic amines) is 1. The molecule has 0 spiro atoms. The zero-order valence-corrected chi connectivity index (χ0v) is 12.2. The molecule has 3 rings (SSSR count). The average Bonchev–Trinajstić information content (AvgIpc) is 2.31. The second-order valence-electron chi connectivity index (χ2n) is 6.73. The number of carbonyl (C=O) groups excluding carboxylic acids is 1. The standard InChI is InChI=1S/C15H23NO5/c17-12(18)14(6-2-7-14)15(20)8-3-9-16(10-15)13(19)21-11-4-1-5-11/h11,20H,1-10H2,(H,17,18). The molecule has 2 aliphatic carbocycles. The van der Waals surface area contributed by atoms with Gasteiger partial charge in [0.05, 0.1) is 17.6 Å². The van der Waals surface area contributed by atoms with Crippen LogP contribution >= 0.6 is 0 Å². The molecule has 2 N–H and O–H groups in total. The third-order valence-corrected chi connectivity index (χ3v) is 5.56. The van der Waals surface area contributed by atoms with Crippen LogP contribution in [0.3, 0.4) is 0 Å². The van der Waals surface area contributed by atoms with Gasteiger partial charge < -0.3 is 19.8 Å². The van der Waals surface area contributed by atoms with Gasteiger partial charge in [-0.25, -0.2) is 4.79 Å². The van der Waals surface area contributed by atoms with Crippen LogP contribution in [0.2, 0.25) is 0 Å². The van der Waals surface area contributed by atoms with Crippen molar-refractivity contribution in [1.82, 2.24) is 4.90 Å². The number of carboxylic acids is 1. The Balaban J connectivity index is 1.69. The number of ether oxygens (including phenoxy) is 1. The van der Waals surface area contributed by atoms with Gasteiger partial charge in [-0.15, -0.1) is 0 Å². The zero-order chi connectivity index (χ0) is 15.1. The summed E-state index contributed by atoms with van der Waals surface area (Å²) in [6.45, 7) is 0.606. The second-order valence-corrected chi connectivity index (χ2v) is 6.73. The van der Waals surface area contributed by atoms with E-state index < -0.39 is 23.1 Å². The minimum absolute atomic E-state index is 0.00431. The molecule has 118 valence electrons. The van der Waals surface area contributed by atoms with Gasteiger partial charge in [-0.2, -0.15) is 0 Å². The number of rotatable bonds is 3. The molecule has 1 atom stereocenters. The summed E-state index contributed by atoms with van der Waals surface area (Å²) in [5, 5.41) is 20.4. The monoisotopic (exact) mass is 297 g/mol. The van der Waals surface area contributed by atoms with Gasteiger partial charge in [-0.1, -0.05) is 6.42 Å². The fourth-order valence-electron chi connectivity index (χ4n) is 3.70. The van der Waals surface area contributed by atoms with Crippen LogP contribution in [0.5, 0.6) is 0 Å². The van der Waals surface area contributed by atoms with E-state index in [0.717, 1.165) is 25.7 Å². The van der Waals surface area contributed by atoms with E-state index in [1.165, 1.54) is 4.90 Å². The first-order chi connectivity index (χ1) is 9.97. The highest BCUT2D eigenvalue weighted by Crippen LogP contribution is 2.52. The summed E-state index contributed by atoms with van der Waals surface area (Å²) < 4.78 is 5.37. The van der Waals surface area contributed by atoms with Gasteiger partial charge in [0.15, 0.2) is 0 Å². The van der Waals surface area contributed by atoms with E-state index in [9.17, 15) is 19.8 Å². The number of aliphatic hydroxyl groups is 1. The van der Waals surface area contributed by atoms with Crippen LogP contribution in [0.15, 0.2) is 0 Å². The van der Waals surface area contributed by atoms with E-state index in [4.69, 9.17) is 4.74 Å². The highest BCUT2D eigenvalue weighted by atomic mass is 16.6. The highest BCUT2D eigenvalue weighted by molar-refractivity contribution is 5.78.